The summed E-state index contributed by atoms with van der Waals surface area (Å²) in [5, 5.41) is 3.91. The number of thiophene rings is 2. The van der Waals surface area contributed by atoms with Crippen molar-refractivity contribution >= 4 is 44.4 Å². The Morgan fingerprint density at radius 3 is 2.53 bits per heavy atom. The molecule has 2 rings (SSSR count). The molecule has 0 aliphatic rings. The van der Waals surface area contributed by atoms with Crippen LogP contribution in [0.4, 0.5) is 0 Å². The number of halogens is 1. The number of hydrogen-bond acceptors (Lipinski definition) is 3. The van der Waals surface area contributed by atoms with Crippen LogP contribution in [0, 0.1) is 0 Å². The van der Waals surface area contributed by atoms with Crippen LogP contribution in [-0.2, 0) is 6.42 Å². The first-order chi connectivity index (χ1) is 7.24. The average Bonchev–Trinajstić information content (AvgIpc) is 2.84. The zero-order chi connectivity index (χ0) is 10.8. The van der Waals surface area contributed by atoms with Crippen LogP contribution in [0.25, 0.3) is 0 Å². The van der Waals surface area contributed by atoms with Crippen molar-refractivity contribution in [1.82, 2.24) is 0 Å². The van der Waals surface area contributed by atoms with E-state index >= 15 is 0 Å². The molecule has 0 saturated carbocycles. The quantitative estimate of drug-likeness (QED) is 0.770. The van der Waals surface area contributed by atoms with Crippen LogP contribution < -0.4 is 0 Å². The van der Waals surface area contributed by atoms with Crippen molar-refractivity contribution in [2.45, 2.75) is 13.3 Å². The molecule has 0 bridgehead atoms. The molecule has 15 heavy (non-hydrogen) atoms. The van der Waals surface area contributed by atoms with E-state index in [0.717, 1.165) is 26.2 Å². The number of carbonyl (C=O) groups excluding carboxylic acids is 1. The molecular weight excluding hydrogens is 292 g/mol. The van der Waals surface area contributed by atoms with Gasteiger partial charge in [0, 0.05) is 4.47 Å². The van der Waals surface area contributed by atoms with Gasteiger partial charge in [-0.2, -0.15) is 0 Å². The summed E-state index contributed by atoms with van der Waals surface area (Å²) in [5.74, 6) is 0.142. The Morgan fingerprint density at radius 1 is 1.27 bits per heavy atom. The summed E-state index contributed by atoms with van der Waals surface area (Å²) in [6.07, 6.45) is 0.910. The molecule has 0 spiro atoms. The summed E-state index contributed by atoms with van der Waals surface area (Å²) in [5.41, 5.74) is 1.14. The van der Waals surface area contributed by atoms with Crippen molar-refractivity contribution in [2.24, 2.45) is 0 Å². The van der Waals surface area contributed by atoms with Gasteiger partial charge in [-0.05, 0) is 50.8 Å². The Hall–Kier alpha value is -0.450. The maximum atomic E-state index is 12.2. The molecule has 0 N–H and O–H groups in total. The smallest absolute Gasteiger partial charge is 0.214 e. The Kier molecular flexibility index (Phi) is 3.38. The number of carbonyl (C=O) groups is 1. The minimum atomic E-state index is 0.142. The first kappa shape index (κ1) is 11.0. The van der Waals surface area contributed by atoms with Crippen molar-refractivity contribution in [3.05, 3.63) is 42.7 Å². The molecule has 0 fully saturated rings. The molecular formula is C11H9BrOS2. The zero-order valence-corrected chi connectivity index (χ0v) is 11.3. The van der Waals surface area contributed by atoms with E-state index in [1.807, 2.05) is 22.9 Å². The minimum Gasteiger partial charge on any atom is -0.287 e. The molecule has 2 aromatic heterocycles. The molecule has 0 radical (unpaired) electrons. The number of aryl methyl sites for hydroxylation is 1. The molecule has 0 atom stereocenters. The third kappa shape index (κ3) is 2.07. The van der Waals surface area contributed by atoms with Crippen molar-refractivity contribution in [1.29, 1.82) is 0 Å². The van der Waals surface area contributed by atoms with E-state index in [0.29, 0.717) is 0 Å². The fourth-order valence-corrected chi connectivity index (χ4v) is 3.88. The van der Waals surface area contributed by atoms with Gasteiger partial charge in [0.05, 0.1) is 9.75 Å². The van der Waals surface area contributed by atoms with Crippen LogP contribution in [0.5, 0.6) is 0 Å². The maximum absolute atomic E-state index is 12.2. The SMILES string of the molecule is CCc1ccsc1C(=O)c1sccc1Br. The van der Waals surface area contributed by atoms with Gasteiger partial charge in [0.2, 0.25) is 5.78 Å². The first-order valence-electron chi connectivity index (χ1n) is 4.58. The summed E-state index contributed by atoms with van der Waals surface area (Å²) in [6.45, 7) is 2.07. The highest BCUT2D eigenvalue weighted by Gasteiger charge is 2.17. The third-order valence-corrected chi connectivity index (χ3v) is 4.95. The van der Waals surface area contributed by atoms with Crippen molar-refractivity contribution in [3.63, 3.8) is 0 Å². The predicted molar refractivity (Wildman–Crippen MR) is 69.1 cm³/mol. The molecule has 2 aromatic rings. The van der Waals surface area contributed by atoms with E-state index < -0.39 is 0 Å². The molecule has 0 saturated heterocycles. The monoisotopic (exact) mass is 300 g/mol. The Labute approximate surface area is 105 Å². The van der Waals surface area contributed by atoms with Gasteiger partial charge in [-0.1, -0.05) is 6.92 Å². The van der Waals surface area contributed by atoms with E-state index in [4.69, 9.17) is 0 Å². The standard InChI is InChI=1S/C11H9BrOS2/c1-2-7-3-5-14-10(7)9(13)11-8(12)4-6-15-11/h3-6H,2H2,1H3. The number of rotatable bonds is 3. The lowest BCUT2D eigenvalue weighted by molar-refractivity contribution is 0.104. The Bertz CT molecular complexity index is 484. The van der Waals surface area contributed by atoms with Gasteiger partial charge in [-0.15, -0.1) is 22.7 Å². The average molecular weight is 301 g/mol. The van der Waals surface area contributed by atoms with Gasteiger partial charge in [-0.25, -0.2) is 0 Å². The fraction of sp³-hybridized carbons (Fsp3) is 0.182. The minimum absolute atomic E-state index is 0.142. The lowest BCUT2D eigenvalue weighted by atomic mass is 10.1. The lowest BCUT2D eigenvalue weighted by Crippen LogP contribution is -1.99. The topological polar surface area (TPSA) is 17.1 Å². The van der Waals surface area contributed by atoms with Gasteiger partial charge < -0.3 is 0 Å². The second kappa shape index (κ2) is 4.60. The zero-order valence-electron chi connectivity index (χ0n) is 8.12. The number of hydrogen-bond donors (Lipinski definition) is 0. The van der Waals surface area contributed by atoms with Crippen molar-refractivity contribution in [3.8, 4) is 0 Å². The highest BCUT2D eigenvalue weighted by molar-refractivity contribution is 9.10. The predicted octanol–water partition coefficient (Wildman–Crippen LogP) is 4.37. The van der Waals surface area contributed by atoms with Gasteiger partial charge in [0.1, 0.15) is 0 Å². The van der Waals surface area contributed by atoms with E-state index in [1.165, 1.54) is 22.7 Å². The van der Waals surface area contributed by atoms with Gasteiger partial charge in [0.15, 0.2) is 0 Å². The van der Waals surface area contributed by atoms with Crippen LogP contribution in [0.2, 0.25) is 0 Å². The highest BCUT2D eigenvalue weighted by Crippen LogP contribution is 2.29. The summed E-state index contributed by atoms with van der Waals surface area (Å²) < 4.78 is 0.896. The summed E-state index contributed by atoms with van der Waals surface area (Å²) in [6, 6.07) is 3.94. The fourth-order valence-electron chi connectivity index (χ4n) is 1.37. The molecule has 4 heteroatoms. The maximum Gasteiger partial charge on any atom is 0.214 e. The second-order valence-corrected chi connectivity index (χ2v) is 5.74. The molecule has 0 unspecified atom stereocenters. The molecule has 0 aliphatic carbocycles. The third-order valence-electron chi connectivity index (χ3n) is 2.16. The van der Waals surface area contributed by atoms with Crippen LogP contribution in [0.15, 0.2) is 27.4 Å². The summed E-state index contributed by atoms with van der Waals surface area (Å²) in [7, 11) is 0. The first-order valence-corrected chi connectivity index (χ1v) is 7.13. The van der Waals surface area contributed by atoms with Gasteiger partial charge >= 0.3 is 0 Å². The number of ketones is 1. The van der Waals surface area contributed by atoms with E-state index in [9.17, 15) is 4.79 Å². The highest BCUT2D eigenvalue weighted by atomic mass is 79.9. The summed E-state index contributed by atoms with van der Waals surface area (Å²) in [4.78, 5) is 13.8. The molecule has 0 aromatic carbocycles. The van der Waals surface area contributed by atoms with E-state index in [-0.39, 0.29) is 5.78 Å². The summed E-state index contributed by atoms with van der Waals surface area (Å²) >= 11 is 6.40. The van der Waals surface area contributed by atoms with Crippen LogP contribution in [0.1, 0.15) is 27.0 Å². The van der Waals surface area contributed by atoms with E-state index in [2.05, 4.69) is 22.9 Å². The Morgan fingerprint density at radius 2 is 1.93 bits per heavy atom. The molecule has 78 valence electrons. The van der Waals surface area contributed by atoms with E-state index in [1.54, 1.807) is 0 Å². The lowest BCUT2D eigenvalue weighted by Gasteiger charge is -1.99. The van der Waals surface area contributed by atoms with Crippen LogP contribution >= 0.6 is 38.6 Å². The second-order valence-electron chi connectivity index (χ2n) is 3.06. The Balaban J connectivity index is 2.41. The van der Waals surface area contributed by atoms with Crippen molar-refractivity contribution in [2.75, 3.05) is 0 Å². The van der Waals surface area contributed by atoms with Crippen molar-refractivity contribution < 1.29 is 4.79 Å². The van der Waals surface area contributed by atoms with Crippen LogP contribution in [-0.4, -0.2) is 5.78 Å². The molecule has 2 heterocycles. The molecule has 0 amide bonds. The molecule has 1 nitrogen and oxygen atoms in total. The molecule has 0 aliphatic heterocycles. The normalized spacial score (nSPS) is 10.5. The largest absolute Gasteiger partial charge is 0.287 e. The van der Waals surface area contributed by atoms with Crippen LogP contribution in [0.3, 0.4) is 0 Å². The van der Waals surface area contributed by atoms with Gasteiger partial charge in [-0.3, -0.25) is 4.79 Å². The van der Waals surface area contributed by atoms with Gasteiger partial charge in [0.25, 0.3) is 0 Å².